The molecule has 1 aliphatic heterocycles. The number of benzene rings is 1. The van der Waals surface area contributed by atoms with Gasteiger partial charge in [-0.25, -0.2) is 4.98 Å². The van der Waals surface area contributed by atoms with Crippen LogP contribution in [0.25, 0.3) is 11.4 Å². The molecule has 1 aromatic carbocycles. The van der Waals surface area contributed by atoms with Gasteiger partial charge in [0, 0.05) is 32.4 Å². The van der Waals surface area contributed by atoms with E-state index in [0.717, 1.165) is 49.5 Å². The molecule has 2 amide bonds. The predicted molar refractivity (Wildman–Crippen MR) is 175 cm³/mol. The number of nitrogens with one attached hydrogen (secondary N) is 1. The zero-order chi connectivity index (χ0) is 34.7. The third-order valence-electron chi connectivity index (χ3n) is 9.56. The third-order valence-corrected chi connectivity index (χ3v) is 9.88. The predicted octanol–water partition coefficient (Wildman–Crippen LogP) is 4.78. The molecule has 16 heteroatoms. The van der Waals surface area contributed by atoms with Gasteiger partial charge in [0.2, 0.25) is 11.7 Å². The number of nitrogens with zero attached hydrogens (tertiary/aromatic N) is 7. The lowest BCUT2D eigenvalue weighted by atomic mass is 9.58. The van der Waals surface area contributed by atoms with Gasteiger partial charge in [-0.3, -0.25) is 14.4 Å². The van der Waals surface area contributed by atoms with Crippen LogP contribution in [0.2, 0.25) is 5.02 Å². The first-order chi connectivity index (χ1) is 23.4. The Bertz CT molecular complexity index is 2080. The van der Waals surface area contributed by atoms with Crippen molar-refractivity contribution >= 4 is 46.1 Å². The van der Waals surface area contributed by atoms with Gasteiger partial charge in [0.1, 0.15) is 18.0 Å². The van der Waals surface area contributed by atoms with Gasteiger partial charge in [-0.05, 0) is 67.0 Å². The number of allylic oxidation sites excluding steroid dienone is 2. The smallest absolute Gasteiger partial charge is 0.416 e. The Balaban J connectivity index is 1.22. The highest BCUT2D eigenvalue weighted by atomic mass is 35.5. The van der Waals surface area contributed by atoms with E-state index in [9.17, 15) is 32.7 Å². The van der Waals surface area contributed by atoms with Gasteiger partial charge in [0.15, 0.2) is 11.5 Å². The standard InChI is InChI=1S/C33H32ClF3N8O4/c1-2-23-27(42-11-13-43(14-12-42)29(48)26-24(46)5-3-10-38-26)30(49)45-31(40-28(41-45)19-16-32(17-19)8-4-9-32)44(23)18-25(47)39-22-7-6-20(15-21(22)34)33(35,36)37/h3,5-7,10,15-16,46H,2,4,8-9,11-14,17-18H2,1H3,(H,39,47). The van der Waals surface area contributed by atoms with Crippen molar-refractivity contribution in [3.8, 4) is 5.75 Å². The normalized spacial score (nSPS) is 17.1. The third kappa shape index (κ3) is 5.89. The molecule has 3 aromatic heterocycles. The number of amides is 2. The summed E-state index contributed by atoms with van der Waals surface area (Å²) in [5, 5.41) is 17.1. The number of halogens is 4. The average molecular weight is 697 g/mol. The largest absolute Gasteiger partial charge is 0.505 e. The molecule has 0 unspecified atom stereocenters. The van der Waals surface area contributed by atoms with Crippen LogP contribution in [0, 0.1) is 5.41 Å². The number of hydrogen-bond donors (Lipinski definition) is 2. The molecule has 256 valence electrons. The first-order valence-corrected chi connectivity index (χ1v) is 16.3. The van der Waals surface area contributed by atoms with Crippen molar-refractivity contribution in [2.75, 3.05) is 36.4 Å². The number of anilines is 2. The highest BCUT2D eigenvalue weighted by Gasteiger charge is 2.43. The molecule has 1 saturated carbocycles. The Hall–Kier alpha value is -4.92. The Morgan fingerprint density at radius 1 is 1.12 bits per heavy atom. The quantitative estimate of drug-likeness (QED) is 0.282. The molecule has 7 rings (SSSR count). The molecule has 0 bridgehead atoms. The van der Waals surface area contributed by atoms with Crippen LogP contribution in [0.3, 0.4) is 0 Å². The number of pyridine rings is 1. The van der Waals surface area contributed by atoms with E-state index in [1.807, 2.05) is 11.8 Å². The van der Waals surface area contributed by atoms with E-state index in [2.05, 4.69) is 21.5 Å². The maximum atomic E-state index is 14.2. The summed E-state index contributed by atoms with van der Waals surface area (Å²) in [5.41, 5.74) is 0.488. The number of piperazine rings is 1. The van der Waals surface area contributed by atoms with E-state index in [4.69, 9.17) is 16.6 Å². The first kappa shape index (κ1) is 32.6. The van der Waals surface area contributed by atoms with Gasteiger partial charge in [0.25, 0.3) is 11.5 Å². The summed E-state index contributed by atoms with van der Waals surface area (Å²) in [4.78, 5) is 52.9. The molecule has 4 heterocycles. The van der Waals surface area contributed by atoms with Gasteiger partial charge in [-0.1, -0.05) is 31.0 Å². The van der Waals surface area contributed by atoms with Crippen molar-refractivity contribution in [1.82, 2.24) is 29.0 Å². The maximum absolute atomic E-state index is 14.2. The Morgan fingerprint density at radius 2 is 1.86 bits per heavy atom. The monoisotopic (exact) mass is 696 g/mol. The van der Waals surface area contributed by atoms with Crippen LogP contribution in [0.5, 0.6) is 5.75 Å². The fraction of sp³-hybridized carbons (Fsp3) is 0.394. The molecule has 2 N–H and O–H groups in total. The Labute approximate surface area is 282 Å². The first-order valence-electron chi connectivity index (χ1n) is 16.0. The number of fused-ring (bicyclic) bond motifs is 1. The maximum Gasteiger partial charge on any atom is 0.416 e. The van der Waals surface area contributed by atoms with Gasteiger partial charge >= 0.3 is 6.18 Å². The SMILES string of the molecule is CCc1c(N2CCN(C(=O)c3ncccc3O)CC2)c(=O)n2nc(C3=CC4(CCC4)C3)nc2n1CC(=O)Nc1ccc(C(F)(F)F)cc1Cl. The van der Waals surface area contributed by atoms with Crippen LogP contribution in [-0.4, -0.2) is 72.1 Å². The van der Waals surface area contributed by atoms with Crippen molar-refractivity contribution in [2.24, 2.45) is 5.41 Å². The number of alkyl halides is 3. The van der Waals surface area contributed by atoms with Crippen molar-refractivity contribution in [3.05, 3.63) is 80.8 Å². The number of carbonyl (C=O) groups is 2. The van der Waals surface area contributed by atoms with E-state index in [0.29, 0.717) is 23.6 Å². The topological polar surface area (TPSA) is 138 Å². The van der Waals surface area contributed by atoms with E-state index in [-0.39, 0.29) is 66.1 Å². The van der Waals surface area contributed by atoms with Gasteiger partial charge in [0.05, 0.1) is 22.0 Å². The summed E-state index contributed by atoms with van der Waals surface area (Å²) in [5.74, 6) is -0.694. The Morgan fingerprint density at radius 3 is 2.47 bits per heavy atom. The summed E-state index contributed by atoms with van der Waals surface area (Å²) < 4.78 is 42.3. The van der Waals surface area contributed by atoms with E-state index in [1.165, 1.54) is 22.8 Å². The second kappa shape index (κ2) is 12.2. The van der Waals surface area contributed by atoms with Gasteiger partial charge < -0.3 is 24.8 Å². The second-order valence-corrected chi connectivity index (χ2v) is 13.0. The van der Waals surface area contributed by atoms with Crippen LogP contribution in [-0.2, 0) is 23.9 Å². The highest BCUT2D eigenvalue weighted by molar-refractivity contribution is 6.33. The highest BCUT2D eigenvalue weighted by Crippen LogP contribution is 2.56. The Kier molecular flexibility index (Phi) is 8.12. The molecule has 2 aliphatic carbocycles. The number of aromatic hydroxyl groups is 1. The van der Waals surface area contributed by atoms with Crippen molar-refractivity contribution < 1.29 is 27.9 Å². The van der Waals surface area contributed by atoms with Crippen molar-refractivity contribution in [3.63, 3.8) is 0 Å². The number of hydrogen-bond acceptors (Lipinski definition) is 8. The van der Waals surface area contributed by atoms with Crippen LogP contribution in [0.4, 0.5) is 24.5 Å². The number of carbonyl (C=O) groups excluding carboxylic acids is 2. The molecule has 2 fully saturated rings. The van der Waals surface area contributed by atoms with Crippen LogP contribution < -0.4 is 15.8 Å². The summed E-state index contributed by atoms with van der Waals surface area (Å²) in [7, 11) is 0. The molecule has 1 spiro atoms. The van der Waals surface area contributed by atoms with Gasteiger partial charge in [-0.2, -0.15) is 22.7 Å². The molecule has 12 nitrogen and oxygen atoms in total. The minimum absolute atomic E-state index is 0.00214. The lowest BCUT2D eigenvalue weighted by Crippen LogP contribution is -2.51. The van der Waals surface area contributed by atoms with Crippen LogP contribution >= 0.6 is 11.6 Å². The summed E-state index contributed by atoms with van der Waals surface area (Å²) in [6, 6.07) is 5.59. The average Bonchev–Trinajstić information content (AvgIpc) is 3.47. The molecular weight excluding hydrogens is 665 g/mol. The number of aromatic nitrogens is 5. The van der Waals surface area contributed by atoms with Crippen molar-refractivity contribution in [2.45, 2.75) is 51.7 Å². The minimum Gasteiger partial charge on any atom is -0.505 e. The fourth-order valence-corrected chi connectivity index (χ4v) is 7.08. The van der Waals surface area contributed by atoms with Crippen LogP contribution in [0.1, 0.15) is 60.2 Å². The lowest BCUT2D eigenvalue weighted by molar-refractivity contribution is -0.137. The summed E-state index contributed by atoms with van der Waals surface area (Å²) in [6.45, 7) is 2.52. The van der Waals surface area contributed by atoms with Gasteiger partial charge in [-0.15, -0.1) is 5.10 Å². The molecular formula is C33H32ClF3N8O4. The molecule has 4 aromatic rings. The van der Waals surface area contributed by atoms with E-state index < -0.39 is 29.1 Å². The fourth-order valence-electron chi connectivity index (χ4n) is 6.85. The van der Waals surface area contributed by atoms with E-state index >= 15 is 0 Å². The molecule has 1 saturated heterocycles. The van der Waals surface area contributed by atoms with Crippen molar-refractivity contribution in [1.29, 1.82) is 0 Å². The molecule has 0 atom stereocenters. The summed E-state index contributed by atoms with van der Waals surface area (Å²) >= 11 is 6.12. The molecule has 3 aliphatic rings. The molecule has 0 radical (unpaired) electrons. The van der Waals surface area contributed by atoms with Crippen LogP contribution in [0.15, 0.2) is 47.4 Å². The lowest BCUT2D eigenvalue weighted by Gasteiger charge is -2.46. The minimum atomic E-state index is -4.60. The molecule has 49 heavy (non-hydrogen) atoms. The zero-order valence-electron chi connectivity index (χ0n) is 26.4. The second-order valence-electron chi connectivity index (χ2n) is 12.6. The summed E-state index contributed by atoms with van der Waals surface area (Å²) in [6.07, 6.45) is 3.48. The van der Waals surface area contributed by atoms with E-state index in [1.54, 1.807) is 9.47 Å². The zero-order valence-corrected chi connectivity index (χ0v) is 27.2. The number of rotatable bonds is 7.